The summed E-state index contributed by atoms with van der Waals surface area (Å²) in [5.41, 5.74) is 0.675. The van der Waals surface area contributed by atoms with Crippen molar-refractivity contribution in [2.24, 2.45) is 5.41 Å². The van der Waals surface area contributed by atoms with Crippen LogP contribution in [-0.4, -0.2) is 62.2 Å². The molecule has 3 nitrogen and oxygen atoms in total. The molecule has 1 aliphatic heterocycles. The Balaban J connectivity index is 2.51. The molecule has 1 rings (SSSR count). The van der Waals surface area contributed by atoms with Crippen molar-refractivity contribution >= 4 is 0 Å². The van der Waals surface area contributed by atoms with Crippen molar-refractivity contribution in [3.8, 4) is 0 Å². The fraction of sp³-hybridized carbons (Fsp3) is 1.00. The summed E-state index contributed by atoms with van der Waals surface area (Å²) in [7, 11) is 4.27. The Bertz CT molecular complexity index is 223. The van der Waals surface area contributed by atoms with Crippen LogP contribution in [0.1, 0.15) is 27.7 Å². The van der Waals surface area contributed by atoms with Crippen LogP contribution in [0.15, 0.2) is 0 Å². The fourth-order valence-electron chi connectivity index (χ4n) is 2.62. The van der Waals surface area contributed by atoms with E-state index in [1.807, 2.05) is 7.05 Å². The molecule has 3 heteroatoms. The van der Waals surface area contributed by atoms with E-state index < -0.39 is 0 Å². The van der Waals surface area contributed by atoms with Gasteiger partial charge in [0.25, 0.3) is 0 Å². The second-order valence-electron chi connectivity index (χ2n) is 6.64. The molecule has 0 atom stereocenters. The van der Waals surface area contributed by atoms with Crippen LogP contribution in [0, 0.1) is 5.41 Å². The molecular weight excluding hydrogens is 198 g/mol. The average Bonchev–Trinajstić information content (AvgIpc) is 2.10. The van der Waals surface area contributed by atoms with Gasteiger partial charge in [-0.3, -0.25) is 9.80 Å². The van der Waals surface area contributed by atoms with Gasteiger partial charge in [-0.1, -0.05) is 13.8 Å². The highest BCUT2D eigenvalue weighted by atomic mass is 15.3. The van der Waals surface area contributed by atoms with E-state index in [1.54, 1.807) is 0 Å². The predicted molar refractivity (Wildman–Crippen MR) is 70.9 cm³/mol. The zero-order valence-corrected chi connectivity index (χ0v) is 11.9. The Kier molecular flexibility index (Phi) is 4.38. The van der Waals surface area contributed by atoms with Gasteiger partial charge in [0.1, 0.15) is 0 Å². The van der Waals surface area contributed by atoms with Gasteiger partial charge in [0.15, 0.2) is 0 Å². The first kappa shape index (κ1) is 13.9. The zero-order chi connectivity index (χ0) is 12.4. The molecule has 1 aliphatic rings. The van der Waals surface area contributed by atoms with E-state index in [0.29, 0.717) is 11.0 Å². The first-order valence-corrected chi connectivity index (χ1v) is 6.35. The summed E-state index contributed by atoms with van der Waals surface area (Å²) >= 11 is 0. The van der Waals surface area contributed by atoms with Crippen LogP contribution in [0.3, 0.4) is 0 Å². The first-order chi connectivity index (χ1) is 7.27. The molecule has 1 fully saturated rings. The van der Waals surface area contributed by atoms with Gasteiger partial charge in [-0.25, -0.2) is 0 Å². The Morgan fingerprint density at radius 1 is 1.25 bits per heavy atom. The molecule has 0 unspecified atom stereocenters. The minimum Gasteiger partial charge on any atom is -0.319 e. The van der Waals surface area contributed by atoms with Crippen molar-refractivity contribution in [2.75, 3.05) is 46.8 Å². The standard InChI is InChI=1S/C13H29N3/c1-12(2,9-14-5)10-16-8-7-15(6)13(3,4)11-16/h14H,7-11H2,1-6H3. The number of piperazine rings is 1. The molecule has 0 spiro atoms. The Hall–Kier alpha value is -0.120. The van der Waals surface area contributed by atoms with Gasteiger partial charge in [-0.05, 0) is 33.4 Å². The Morgan fingerprint density at radius 2 is 1.88 bits per heavy atom. The lowest BCUT2D eigenvalue weighted by Crippen LogP contribution is -2.59. The van der Waals surface area contributed by atoms with Crippen LogP contribution in [0.2, 0.25) is 0 Å². The summed E-state index contributed by atoms with van der Waals surface area (Å²) < 4.78 is 0. The SMILES string of the molecule is CNCC(C)(C)CN1CCN(C)C(C)(C)C1. The summed E-state index contributed by atoms with van der Waals surface area (Å²) in [6, 6.07) is 0. The Morgan fingerprint density at radius 3 is 2.38 bits per heavy atom. The molecule has 96 valence electrons. The van der Waals surface area contributed by atoms with Crippen LogP contribution in [0.25, 0.3) is 0 Å². The molecule has 0 bridgehead atoms. The van der Waals surface area contributed by atoms with Gasteiger partial charge >= 0.3 is 0 Å². The maximum absolute atomic E-state index is 3.29. The van der Waals surface area contributed by atoms with Crippen molar-refractivity contribution in [3.05, 3.63) is 0 Å². The maximum Gasteiger partial charge on any atom is 0.0277 e. The number of rotatable bonds is 4. The molecule has 1 saturated heterocycles. The van der Waals surface area contributed by atoms with Crippen LogP contribution in [0.4, 0.5) is 0 Å². The molecule has 0 amide bonds. The lowest BCUT2D eigenvalue weighted by Gasteiger charge is -2.47. The first-order valence-electron chi connectivity index (χ1n) is 6.35. The normalized spacial score (nSPS) is 23.6. The number of nitrogens with zero attached hydrogens (tertiary/aromatic N) is 2. The van der Waals surface area contributed by atoms with Crippen LogP contribution in [-0.2, 0) is 0 Å². The highest BCUT2D eigenvalue weighted by Crippen LogP contribution is 2.23. The van der Waals surface area contributed by atoms with Gasteiger partial charge in [-0.2, -0.15) is 0 Å². The topological polar surface area (TPSA) is 18.5 Å². The molecular formula is C13H29N3. The van der Waals surface area contributed by atoms with E-state index in [2.05, 4.69) is 49.9 Å². The lowest BCUT2D eigenvalue weighted by atomic mass is 9.90. The molecule has 1 heterocycles. The second kappa shape index (κ2) is 5.03. The van der Waals surface area contributed by atoms with Crippen molar-refractivity contribution in [3.63, 3.8) is 0 Å². The summed E-state index contributed by atoms with van der Waals surface area (Å²) in [5.74, 6) is 0. The average molecular weight is 227 g/mol. The molecule has 0 aromatic heterocycles. The van der Waals surface area contributed by atoms with Gasteiger partial charge in [0.2, 0.25) is 0 Å². The summed E-state index contributed by atoms with van der Waals surface area (Å²) in [6.45, 7) is 15.2. The van der Waals surface area contributed by atoms with E-state index in [0.717, 1.165) is 6.54 Å². The van der Waals surface area contributed by atoms with Crippen molar-refractivity contribution in [2.45, 2.75) is 33.2 Å². The summed E-state index contributed by atoms with van der Waals surface area (Å²) in [5, 5.41) is 3.29. The molecule has 0 aromatic carbocycles. The summed E-state index contributed by atoms with van der Waals surface area (Å²) in [4.78, 5) is 5.08. The molecule has 0 radical (unpaired) electrons. The van der Waals surface area contributed by atoms with Crippen molar-refractivity contribution < 1.29 is 0 Å². The fourth-order valence-corrected chi connectivity index (χ4v) is 2.62. The van der Waals surface area contributed by atoms with Gasteiger partial charge in [-0.15, -0.1) is 0 Å². The minimum atomic E-state index is 0.313. The van der Waals surface area contributed by atoms with Crippen LogP contribution in [0.5, 0.6) is 0 Å². The third-order valence-corrected chi connectivity index (χ3v) is 3.70. The van der Waals surface area contributed by atoms with E-state index >= 15 is 0 Å². The van der Waals surface area contributed by atoms with Gasteiger partial charge in [0.05, 0.1) is 0 Å². The highest BCUT2D eigenvalue weighted by molar-refractivity contribution is 4.90. The number of hydrogen-bond acceptors (Lipinski definition) is 3. The predicted octanol–water partition coefficient (Wildman–Crippen LogP) is 1.26. The molecule has 0 aliphatic carbocycles. The van der Waals surface area contributed by atoms with Crippen molar-refractivity contribution in [1.82, 2.24) is 15.1 Å². The number of likely N-dealkylation sites (N-methyl/N-ethyl adjacent to an activating group) is 1. The third kappa shape index (κ3) is 3.72. The quantitative estimate of drug-likeness (QED) is 0.780. The molecule has 0 aromatic rings. The molecule has 16 heavy (non-hydrogen) atoms. The van der Waals surface area contributed by atoms with Gasteiger partial charge in [0, 0.05) is 38.3 Å². The highest BCUT2D eigenvalue weighted by Gasteiger charge is 2.33. The van der Waals surface area contributed by atoms with E-state index in [4.69, 9.17) is 0 Å². The van der Waals surface area contributed by atoms with Crippen LogP contribution < -0.4 is 5.32 Å². The largest absolute Gasteiger partial charge is 0.319 e. The van der Waals surface area contributed by atoms with Gasteiger partial charge < -0.3 is 5.32 Å². The minimum absolute atomic E-state index is 0.313. The Labute approximate surface area is 101 Å². The maximum atomic E-state index is 3.29. The number of hydrogen-bond donors (Lipinski definition) is 1. The zero-order valence-electron chi connectivity index (χ0n) is 11.9. The smallest absolute Gasteiger partial charge is 0.0277 e. The van der Waals surface area contributed by atoms with E-state index in [-0.39, 0.29) is 0 Å². The van der Waals surface area contributed by atoms with E-state index in [9.17, 15) is 0 Å². The van der Waals surface area contributed by atoms with Crippen molar-refractivity contribution in [1.29, 1.82) is 0 Å². The summed E-state index contributed by atoms with van der Waals surface area (Å²) in [6.07, 6.45) is 0. The van der Waals surface area contributed by atoms with Crippen LogP contribution >= 0.6 is 0 Å². The lowest BCUT2D eigenvalue weighted by molar-refractivity contribution is 0.0220. The molecule has 0 saturated carbocycles. The second-order valence-corrected chi connectivity index (χ2v) is 6.64. The number of nitrogens with one attached hydrogen (secondary N) is 1. The third-order valence-electron chi connectivity index (χ3n) is 3.70. The monoisotopic (exact) mass is 227 g/mol. The van der Waals surface area contributed by atoms with E-state index in [1.165, 1.54) is 26.2 Å². The molecule has 1 N–H and O–H groups in total.